The van der Waals surface area contributed by atoms with E-state index in [9.17, 15) is 0 Å². The Morgan fingerprint density at radius 2 is 1.47 bits per heavy atom. The summed E-state index contributed by atoms with van der Waals surface area (Å²) >= 11 is 0. The second-order valence-corrected chi connectivity index (χ2v) is 9.15. The van der Waals surface area contributed by atoms with Gasteiger partial charge in [0.1, 0.15) is 0 Å². The standard InChI is InChI=1S/C15H32OSi/c1-5-9-12-16-17(13-8-4,14-10-6-2)15-11-7-3/h8H,4-7,9-15H2,1-3H3. The molecule has 0 aliphatic carbocycles. The third-order valence-corrected chi connectivity index (χ3v) is 7.77. The molecule has 17 heavy (non-hydrogen) atoms. The molecule has 0 saturated heterocycles. The predicted molar refractivity (Wildman–Crippen MR) is 81.0 cm³/mol. The first-order valence-corrected chi connectivity index (χ1v) is 10.0. The van der Waals surface area contributed by atoms with Crippen molar-refractivity contribution in [3.05, 3.63) is 12.7 Å². The van der Waals surface area contributed by atoms with E-state index in [2.05, 4.69) is 33.4 Å². The van der Waals surface area contributed by atoms with Crippen molar-refractivity contribution in [2.24, 2.45) is 0 Å². The fourth-order valence-corrected chi connectivity index (χ4v) is 6.39. The van der Waals surface area contributed by atoms with Gasteiger partial charge in [-0.1, -0.05) is 59.0 Å². The Labute approximate surface area is 110 Å². The molecule has 0 radical (unpaired) electrons. The monoisotopic (exact) mass is 256 g/mol. The third kappa shape index (κ3) is 7.77. The van der Waals surface area contributed by atoms with E-state index in [-0.39, 0.29) is 0 Å². The van der Waals surface area contributed by atoms with E-state index in [0.717, 1.165) is 12.7 Å². The minimum absolute atomic E-state index is 0.976. The number of hydrogen-bond acceptors (Lipinski definition) is 1. The van der Waals surface area contributed by atoms with Gasteiger partial charge < -0.3 is 4.43 Å². The minimum atomic E-state index is -1.49. The lowest BCUT2D eigenvalue weighted by molar-refractivity contribution is 0.289. The molecular weight excluding hydrogens is 224 g/mol. The summed E-state index contributed by atoms with van der Waals surface area (Å²) in [4.78, 5) is 0. The summed E-state index contributed by atoms with van der Waals surface area (Å²) in [6.07, 6.45) is 9.78. The summed E-state index contributed by atoms with van der Waals surface area (Å²) in [5, 5.41) is 0. The summed E-state index contributed by atoms with van der Waals surface area (Å²) < 4.78 is 6.38. The highest BCUT2D eigenvalue weighted by Gasteiger charge is 2.31. The average molecular weight is 257 g/mol. The largest absolute Gasteiger partial charge is 0.416 e. The van der Waals surface area contributed by atoms with E-state index in [1.54, 1.807) is 0 Å². The van der Waals surface area contributed by atoms with Crippen LogP contribution in [0.3, 0.4) is 0 Å². The van der Waals surface area contributed by atoms with Gasteiger partial charge >= 0.3 is 0 Å². The first-order valence-electron chi connectivity index (χ1n) is 7.49. The Hall–Kier alpha value is -0.0831. The molecule has 0 rings (SSSR count). The highest BCUT2D eigenvalue weighted by molar-refractivity contribution is 6.74. The molecule has 1 nitrogen and oxygen atoms in total. The van der Waals surface area contributed by atoms with Crippen LogP contribution >= 0.6 is 0 Å². The molecule has 0 N–H and O–H groups in total. The Morgan fingerprint density at radius 1 is 0.941 bits per heavy atom. The number of allylic oxidation sites excluding steroid dienone is 1. The Bertz CT molecular complexity index is 172. The maximum atomic E-state index is 6.38. The normalized spacial score (nSPS) is 11.7. The van der Waals surface area contributed by atoms with E-state index in [0.29, 0.717) is 0 Å². The van der Waals surface area contributed by atoms with Crippen LogP contribution < -0.4 is 0 Å². The number of rotatable bonds is 12. The Morgan fingerprint density at radius 3 is 1.88 bits per heavy atom. The van der Waals surface area contributed by atoms with Crippen LogP contribution in [0.4, 0.5) is 0 Å². The van der Waals surface area contributed by atoms with E-state index in [1.165, 1.54) is 50.6 Å². The second kappa shape index (κ2) is 11.0. The van der Waals surface area contributed by atoms with Crippen LogP contribution in [-0.4, -0.2) is 14.9 Å². The van der Waals surface area contributed by atoms with Gasteiger partial charge in [0.05, 0.1) is 0 Å². The first-order chi connectivity index (χ1) is 8.24. The highest BCUT2D eigenvalue weighted by Crippen LogP contribution is 2.28. The lowest BCUT2D eigenvalue weighted by Gasteiger charge is -2.31. The highest BCUT2D eigenvalue weighted by atomic mass is 28.4. The zero-order valence-corrected chi connectivity index (χ0v) is 13.3. The molecule has 0 aromatic carbocycles. The van der Waals surface area contributed by atoms with Gasteiger partial charge in [0.15, 0.2) is 8.32 Å². The van der Waals surface area contributed by atoms with Crippen molar-refractivity contribution < 1.29 is 4.43 Å². The molecule has 0 aromatic rings. The van der Waals surface area contributed by atoms with Crippen LogP contribution in [0.1, 0.15) is 59.3 Å². The van der Waals surface area contributed by atoms with E-state index < -0.39 is 8.32 Å². The lowest BCUT2D eigenvalue weighted by Crippen LogP contribution is -2.38. The van der Waals surface area contributed by atoms with Crippen molar-refractivity contribution in [1.29, 1.82) is 0 Å². The van der Waals surface area contributed by atoms with Crippen LogP contribution in [0.5, 0.6) is 0 Å². The molecule has 0 spiro atoms. The molecule has 102 valence electrons. The van der Waals surface area contributed by atoms with Crippen LogP contribution in [0.2, 0.25) is 18.1 Å². The molecule has 0 atom stereocenters. The van der Waals surface area contributed by atoms with E-state index >= 15 is 0 Å². The molecule has 0 aliphatic rings. The smallest absolute Gasteiger partial charge is 0.196 e. The Kier molecular flexibility index (Phi) is 11.0. The molecule has 2 heteroatoms. The zero-order valence-electron chi connectivity index (χ0n) is 12.3. The van der Waals surface area contributed by atoms with Gasteiger partial charge in [-0.2, -0.15) is 0 Å². The summed E-state index contributed by atoms with van der Waals surface area (Å²) in [5.41, 5.74) is 0. The topological polar surface area (TPSA) is 9.23 Å². The van der Waals surface area contributed by atoms with Gasteiger partial charge in [-0.3, -0.25) is 0 Å². The van der Waals surface area contributed by atoms with Crippen LogP contribution in [0, 0.1) is 0 Å². The van der Waals surface area contributed by atoms with Gasteiger partial charge in [-0.25, -0.2) is 0 Å². The summed E-state index contributed by atoms with van der Waals surface area (Å²) in [7, 11) is -1.49. The fraction of sp³-hybridized carbons (Fsp3) is 0.867. The molecular formula is C15H32OSi. The van der Waals surface area contributed by atoms with Crippen molar-refractivity contribution in [1.82, 2.24) is 0 Å². The van der Waals surface area contributed by atoms with Crippen molar-refractivity contribution in [3.8, 4) is 0 Å². The molecule has 0 amide bonds. The van der Waals surface area contributed by atoms with E-state index in [1.807, 2.05) is 0 Å². The average Bonchev–Trinajstić information content (AvgIpc) is 2.34. The van der Waals surface area contributed by atoms with Crippen molar-refractivity contribution in [3.63, 3.8) is 0 Å². The number of hydrogen-bond donors (Lipinski definition) is 0. The Balaban J connectivity index is 4.37. The van der Waals surface area contributed by atoms with Gasteiger partial charge in [0.25, 0.3) is 0 Å². The summed E-state index contributed by atoms with van der Waals surface area (Å²) in [5.74, 6) is 0. The molecule has 0 bridgehead atoms. The van der Waals surface area contributed by atoms with Gasteiger partial charge in [0.2, 0.25) is 0 Å². The van der Waals surface area contributed by atoms with Crippen molar-refractivity contribution >= 4 is 8.32 Å². The van der Waals surface area contributed by atoms with Crippen molar-refractivity contribution in [2.45, 2.75) is 77.4 Å². The minimum Gasteiger partial charge on any atom is -0.416 e. The maximum Gasteiger partial charge on any atom is 0.196 e. The van der Waals surface area contributed by atoms with Crippen LogP contribution in [0.15, 0.2) is 12.7 Å². The van der Waals surface area contributed by atoms with Crippen molar-refractivity contribution in [2.75, 3.05) is 6.61 Å². The summed E-state index contributed by atoms with van der Waals surface area (Å²) in [6, 6.07) is 3.81. The molecule has 0 fully saturated rings. The quantitative estimate of drug-likeness (QED) is 0.253. The first kappa shape index (κ1) is 16.9. The fourth-order valence-electron chi connectivity index (χ4n) is 2.23. The molecule has 0 aliphatic heterocycles. The van der Waals surface area contributed by atoms with Gasteiger partial charge in [0, 0.05) is 6.61 Å². The van der Waals surface area contributed by atoms with Crippen LogP contribution in [-0.2, 0) is 4.43 Å². The zero-order chi connectivity index (χ0) is 13.0. The van der Waals surface area contributed by atoms with Gasteiger partial charge in [-0.05, 0) is 24.6 Å². The molecule has 0 saturated carbocycles. The maximum absolute atomic E-state index is 6.38. The van der Waals surface area contributed by atoms with Gasteiger partial charge in [-0.15, -0.1) is 6.58 Å². The molecule has 0 heterocycles. The molecule has 0 aromatic heterocycles. The number of unbranched alkanes of at least 4 members (excludes halogenated alkanes) is 3. The molecule has 0 unspecified atom stereocenters. The predicted octanol–water partition coefficient (Wildman–Crippen LogP) is 5.53. The summed E-state index contributed by atoms with van der Waals surface area (Å²) in [6.45, 7) is 11.7. The SMILES string of the molecule is C=CC[Si](CCCC)(CCCC)OCCCC. The third-order valence-electron chi connectivity index (χ3n) is 3.39. The van der Waals surface area contributed by atoms with Crippen LogP contribution in [0.25, 0.3) is 0 Å². The van der Waals surface area contributed by atoms with E-state index in [4.69, 9.17) is 4.43 Å². The second-order valence-electron chi connectivity index (χ2n) is 5.08. The lowest BCUT2D eigenvalue weighted by atomic mass is 10.4.